The van der Waals surface area contributed by atoms with Crippen LogP contribution in [0.4, 0.5) is 0 Å². The van der Waals surface area contributed by atoms with Crippen LogP contribution in [0, 0.1) is 11.3 Å². The van der Waals surface area contributed by atoms with Crippen LogP contribution >= 0.6 is 0 Å². The molecule has 5 nitrogen and oxygen atoms in total. The van der Waals surface area contributed by atoms with Gasteiger partial charge in [-0.3, -0.25) is 4.79 Å². The van der Waals surface area contributed by atoms with E-state index < -0.39 is 6.10 Å². The summed E-state index contributed by atoms with van der Waals surface area (Å²) in [7, 11) is 3.28. The van der Waals surface area contributed by atoms with Gasteiger partial charge in [-0.2, -0.15) is 0 Å². The summed E-state index contributed by atoms with van der Waals surface area (Å²) < 4.78 is 23.1. The van der Waals surface area contributed by atoms with Gasteiger partial charge in [0.1, 0.15) is 6.10 Å². The molecule has 132 valence electrons. The minimum absolute atomic E-state index is 0.0506. The molecular formula is C18H30O5. The van der Waals surface area contributed by atoms with Gasteiger partial charge in [0, 0.05) is 18.4 Å². The number of Topliss-reactive ketones (excluding diaryl/α,β-unsaturated/α-hetero) is 1. The molecular weight excluding hydrogens is 296 g/mol. The number of ketones is 1. The van der Waals surface area contributed by atoms with Gasteiger partial charge < -0.3 is 18.9 Å². The van der Waals surface area contributed by atoms with E-state index in [9.17, 15) is 4.79 Å². The molecule has 0 aromatic carbocycles. The Kier molecular flexibility index (Phi) is 5.54. The number of rotatable bonds is 4. The number of hydrogen-bond acceptors (Lipinski definition) is 5. The van der Waals surface area contributed by atoms with Gasteiger partial charge in [-0.05, 0) is 33.3 Å². The average molecular weight is 326 g/mol. The average Bonchev–Trinajstić information content (AvgIpc) is 2.48. The van der Waals surface area contributed by atoms with Crippen LogP contribution in [0.5, 0.6) is 0 Å². The third-order valence-corrected chi connectivity index (χ3v) is 5.30. The van der Waals surface area contributed by atoms with Crippen molar-refractivity contribution in [2.24, 2.45) is 11.3 Å². The predicted octanol–water partition coefficient (Wildman–Crippen LogP) is 2.73. The number of hydrogen-bond donors (Lipinski definition) is 0. The Balaban J connectivity index is 2.32. The molecule has 2 aliphatic rings. The van der Waals surface area contributed by atoms with Crippen molar-refractivity contribution in [2.45, 2.75) is 71.6 Å². The molecule has 5 heteroatoms. The van der Waals surface area contributed by atoms with Gasteiger partial charge in [0.25, 0.3) is 0 Å². The van der Waals surface area contributed by atoms with E-state index in [0.29, 0.717) is 5.76 Å². The van der Waals surface area contributed by atoms with Gasteiger partial charge in [0.15, 0.2) is 5.76 Å². The lowest BCUT2D eigenvalue weighted by Crippen LogP contribution is -2.55. The van der Waals surface area contributed by atoms with Gasteiger partial charge in [-0.15, -0.1) is 0 Å². The fourth-order valence-corrected chi connectivity index (χ4v) is 4.10. The zero-order valence-electron chi connectivity index (χ0n) is 15.3. The quantitative estimate of drug-likeness (QED) is 0.795. The first kappa shape index (κ1) is 18.4. The largest absolute Gasteiger partial charge is 0.493 e. The van der Waals surface area contributed by atoms with E-state index >= 15 is 0 Å². The predicted molar refractivity (Wildman–Crippen MR) is 87.1 cm³/mol. The highest BCUT2D eigenvalue weighted by Crippen LogP contribution is 2.45. The Morgan fingerprint density at radius 1 is 1.17 bits per heavy atom. The summed E-state index contributed by atoms with van der Waals surface area (Å²) in [5.74, 6) is 0.432. The van der Waals surface area contributed by atoms with Crippen molar-refractivity contribution in [1.29, 1.82) is 0 Å². The van der Waals surface area contributed by atoms with Crippen LogP contribution in [0.2, 0.25) is 0 Å². The number of carbonyl (C=O) groups is 1. The maximum absolute atomic E-state index is 12.1. The third kappa shape index (κ3) is 3.47. The van der Waals surface area contributed by atoms with Crippen LogP contribution in [-0.4, -0.2) is 50.5 Å². The van der Waals surface area contributed by atoms with Gasteiger partial charge in [-0.1, -0.05) is 13.8 Å². The highest BCUT2D eigenvalue weighted by atomic mass is 16.5. The minimum atomic E-state index is -0.501. The highest BCUT2D eigenvalue weighted by Gasteiger charge is 2.49. The number of carbonyl (C=O) groups excluding carboxylic acids is 1. The van der Waals surface area contributed by atoms with Crippen LogP contribution < -0.4 is 0 Å². The Hall–Kier alpha value is -0.910. The molecule has 1 fully saturated rings. The zero-order chi connectivity index (χ0) is 17.4. The Bertz CT molecular complexity index is 470. The summed E-state index contributed by atoms with van der Waals surface area (Å²) >= 11 is 0. The normalized spacial score (nSPS) is 39.1. The maximum atomic E-state index is 12.1. The van der Waals surface area contributed by atoms with E-state index in [1.807, 2.05) is 0 Å². The van der Waals surface area contributed by atoms with Crippen molar-refractivity contribution >= 4 is 5.78 Å². The van der Waals surface area contributed by atoms with E-state index in [4.69, 9.17) is 18.9 Å². The smallest absolute Gasteiger partial charge is 0.225 e. The fraction of sp³-hybridized carbons (Fsp3) is 0.833. The van der Waals surface area contributed by atoms with Gasteiger partial charge in [-0.25, -0.2) is 0 Å². The summed E-state index contributed by atoms with van der Waals surface area (Å²) in [6.45, 7) is 10.2. The minimum Gasteiger partial charge on any atom is -0.493 e. The van der Waals surface area contributed by atoms with Crippen molar-refractivity contribution in [3.63, 3.8) is 0 Å². The topological polar surface area (TPSA) is 54.0 Å². The van der Waals surface area contributed by atoms with E-state index in [2.05, 4.69) is 27.7 Å². The first-order valence-electron chi connectivity index (χ1n) is 8.36. The van der Waals surface area contributed by atoms with Gasteiger partial charge >= 0.3 is 0 Å². The molecule has 0 aliphatic carbocycles. The van der Waals surface area contributed by atoms with Crippen LogP contribution in [-0.2, 0) is 23.7 Å². The summed E-state index contributed by atoms with van der Waals surface area (Å²) in [5.41, 5.74) is -0.265. The molecule has 0 amide bonds. The molecule has 2 heterocycles. The fourth-order valence-electron chi connectivity index (χ4n) is 4.10. The van der Waals surface area contributed by atoms with Crippen molar-refractivity contribution in [3.05, 3.63) is 11.8 Å². The Labute approximate surface area is 139 Å². The Morgan fingerprint density at radius 2 is 1.83 bits per heavy atom. The van der Waals surface area contributed by atoms with E-state index in [0.717, 1.165) is 6.42 Å². The first-order valence-corrected chi connectivity index (χ1v) is 8.36. The highest BCUT2D eigenvalue weighted by molar-refractivity contribution is 5.97. The van der Waals surface area contributed by atoms with E-state index in [1.165, 1.54) is 7.11 Å². The molecule has 0 N–H and O–H groups in total. The lowest BCUT2D eigenvalue weighted by molar-refractivity contribution is -0.190. The van der Waals surface area contributed by atoms with Crippen molar-refractivity contribution < 1.29 is 23.7 Å². The van der Waals surface area contributed by atoms with Crippen LogP contribution in [0.25, 0.3) is 0 Å². The molecule has 0 aromatic heterocycles. The molecule has 0 saturated carbocycles. The van der Waals surface area contributed by atoms with Gasteiger partial charge in [0.05, 0.1) is 31.5 Å². The standard InChI is InChI=1S/C18H30O5/c1-10-8-13(20-6)16(11(2)22-10)18(4,5)15-9-14(21-7)17(19)12(3)23-15/h9-13,15-16H,8H2,1-7H3/t10-,11-,12-,13-,15+,16-/m0/s1. The second-order valence-electron chi connectivity index (χ2n) is 7.31. The van der Waals surface area contributed by atoms with Crippen molar-refractivity contribution in [1.82, 2.24) is 0 Å². The monoisotopic (exact) mass is 326 g/mol. The van der Waals surface area contributed by atoms with E-state index in [1.54, 1.807) is 20.1 Å². The third-order valence-electron chi connectivity index (χ3n) is 5.30. The molecule has 0 aromatic rings. The molecule has 1 saturated heterocycles. The molecule has 2 rings (SSSR count). The summed E-state index contributed by atoms with van der Waals surface area (Å²) in [6.07, 6.45) is 2.26. The Morgan fingerprint density at radius 3 is 2.39 bits per heavy atom. The van der Waals surface area contributed by atoms with Crippen LogP contribution in [0.3, 0.4) is 0 Å². The van der Waals surface area contributed by atoms with Crippen LogP contribution in [0.1, 0.15) is 41.0 Å². The number of methoxy groups -OCH3 is 2. The first-order chi connectivity index (χ1) is 10.7. The molecule has 0 unspecified atom stereocenters. The molecule has 0 spiro atoms. The SMILES string of the molecule is COC1=C[C@H](C(C)(C)[C@H]2[C@H](C)O[C@@H](C)C[C@@H]2OC)O[C@@H](C)C1=O. The molecule has 0 radical (unpaired) electrons. The lowest BCUT2D eigenvalue weighted by atomic mass is 9.66. The van der Waals surface area contributed by atoms with Crippen molar-refractivity contribution in [2.75, 3.05) is 14.2 Å². The summed E-state index contributed by atoms with van der Waals surface area (Å²) in [5, 5.41) is 0. The zero-order valence-corrected chi connectivity index (χ0v) is 15.3. The molecule has 6 atom stereocenters. The summed E-state index contributed by atoms with van der Waals surface area (Å²) in [6, 6.07) is 0. The summed E-state index contributed by atoms with van der Waals surface area (Å²) in [4.78, 5) is 12.1. The number of ether oxygens (including phenoxy) is 4. The van der Waals surface area contributed by atoms with Crippen molar-refractivity contribution in [3.8, 4) is 0 Å². The second-order valence-corrected chi connectivity index (χ2v) is 7.31. The lowest BCUT2D eigenvalue weighted by Gasteiger charge is -2.50. The van der Waals surface area contributed by atoms with Crippen LogP contribution in [0.15, 0.2) is 11.8 Å². The second kappa shape index (κ2) is 6.91. The molecule has 2 aliphatic heterocycles. The maximum Gasteiger partial charge on any atom is 0.225 e. The van der Waals surface area contributed by atoms with Gasteiger partial charge in [0.2, 0.25) is 5.78 Å². The molecule has 0 bridgehead atoms. The molecule has 23 heavy (non-hydrogen) atoms. The van der Waals surface area contributed by atoms with E-state index in [-0.39, 0.29) is 41.5 Å².